The Morgan fingerprint density at radius 2 is 1.78 bits per heavy atom. The number of aliphatic hydroxyl groups is 1. The number of aromatic nitrogens is 2. The summed E-state index contributed by atoms with van der Waals surface area (Å²) in [5.41, 5.74) is 0.699. The summed E-state index contributed by atoms with van der Waals surface area (Å²) in [6.45, 7) is 2.48. The third-order valence-electron chi connectivity index (χ3n) is 5.76. The van der Waals surface area contributed by atoms with Gasteiger partial charge in [0.1, 0.15) is 17.7 Å². The van der Waals surface area contributed by atoms with Crippen molar-refractivity contribution < 1.29 is 22.7 Å². The lowest BCUT2D eigenvalue weighted by atomic mass is 10.0. The molecule has 9 heteroatoms. The summed E-state index contributed by atoms with van der Waals surface area (Å²) >= 11 is 0. The van der Waals surface area contributed by atoms with Crippen molar-refractivity contribution in [1.82, 2.24) is 14.5 Å². The van der Waals surface area contributed by atoms with Crippen molar-refractivity contribution in [2.75, 3.05) is 31.1 Å². The number of imidazole rings is 1. The Bertz CT molecular complexity index is 1070. The van der Waals surface area contributed by atoms with Crippen LogP contribution in [0.2, 0.25) is 0 Å². The highest BCUT2D eigenvalue weighted by atomic mass is 19.4. The average Bonchev–Trinajstić information content (AvgIpc) is 3.19. The second-order valence-electron chi connectivity index (χ2n) is 7.94. The van der Waals surface area contributed by atoms with E-state index in [9.17, 15) is 22.7 Å². The number of hydrogen-bond donors (Lipinski definition) is 1. The van der Waals surface area contributed by atoms with Crippen LogP contribution in [0.4, 0.5) is 23.2 Å². The van der Waals surface area contributed by atoms with Gasteiger partial charge in [-0.3, -0.25) is 4.90 Å². The van der Waals surface area contributed by atoms with Gasteiger partial charge in [-0.05, 0) is 17.7 Å². The number of nitrogens with zero attached hydrogens (tertiary/aromatic N) is 4. The highest BCUT2D eigenvalue weighted by Crippen LogP contribution is 2.33. The molecule has 1 aliphatic rings. The highest BCUT2D eigenvalue weighted by molar-refractivity contribution is 5.57. The Labute approximate surface area is 183 Å². The van der Waals surface area contributed by atoms with E-state index in [1.54, 1.807) is 42.2 Å². The minimum Gasteiger partial charge on any atom is -0.380 e. The molecule has 0 amide bonds. The molecule has 32 heavy (non-hydrogen) atoms. The molecule has 1 aromatic heterocycles. The molecule has 3 aromatic rings. The van der Waals surface area contributed by atoms with Crippen molar-refractivity contribution >= 4 is 5.69 Å². The first-order chi connectivity index (χ1) is 15.2. The van der Waals surface area contributed by atoms with Crippen LogP contribution in [0.5, 0.6) is 0 Å². The van der Waals surface area contributed by atoms with Crippen molar-refractivity contribution in [2.45, 2.75) is 18.8 Å². The van der Waals surface area contributed by atoms with Crippen LogP contribution < -0.4 is 4.90 Å². The monoisotopic (exact) mass is 448 g/mol. The number of alkyl halides is 3. The summed E-state index contributed by atoms with van der Waals surface area (Å²) in [5.74, 6) is -0.0119. The molecule has 5 nitrogen and oxygen atoms in total. The van der Waals surface area contributed by atoms with E-state index < -0.39 is 23.7 Å². The summed E-state index contributed by atoms with van der Waals surface area (Å²) in [7, 11) is 1.76. The molecule has 4 rings (SSSR count). The fourth-order valence-electron chi connectivity index (χ4n) is 4.10. The molecular weight excluding hydrogens is 424 g/mol. The molecule has 1 atom stereocenters. The molecule has 1 aliphatic heterocycles. The number of para-hydroxylation sites is 1. The molecule has 2 heterocycles. The normalized spacial score (nSPS) is 16.4. The third kappa shape index (κ3) is 4.63. The van der Waals surface area contributed by atoms with Crippen LogP contribution in [-0.2, 0) is 19.8 Å². The van der Waals surface area contributed by atoms with Crippen LogP contribution in [-0.4, -0.2) is 45.7 Å². The van der Waals surface area contributed by atoms with Gasteiger partial charge in [-0.15, -0.1) is 0 Å². The summed E-state index contributed by atoms with van der Waals surface area (Å²) in [6, 6.07) is 9.94. The topological polar surface area (TPSA) is 44.5 Å². The van der Waals surface area contributed by atoms with Crippen molar-refractivity contribution in [3.05, 3.63) is 83.2 Å². The minimum atomic E-state index is -4.37. The van der Waals surface area contributed by atoms with Crippen molar-refractivity contribution in [3.63, 3.8) is 0 Å². The minimum absolute atomic E-state index is 0.335. The van der Waals surface area contributed by atoms with Crippen molar-refractivity contribution in [2.24, 2.45) is 7.05 Å². The van der Waals surface area contributed by atoms with Gasteiger partial charge >= 0.3 is 6.18 Å². The molecular formula is C23H24F4N4O. The molecule has 170 valence electrons. The maximum Gasteiger partial charge on any atom is 0.416 e. The molecule has 1 unspecified atom stereocenters. The van der Waals surface area contributed by atoms with E-state index in [1.165, 1.54) is 18.2 Å². The summed E-state index contributed by atoms with van der Waals surface area (Å²) < 4.78 is 55.4. The van der Waals surface area contributed by atoms with Crippen LogP contribution in [0.25, 0.3) is 0 Å². The Kier molecular flexibility index (Phi) is 6.21. The van der Waals surface area contributed by atoms with E-state index in [0.29, 0.717) is 55.4 Å². The maximum absolute atomic E-state index is 14.8. The smallest absolute Gasteiger partial charge is 0.380 e. The number of hydrogen-bond acceptors (Lipinski definition) is 4. The Morgan fingerprint density at radius 1 is 1.06 bits per heavy atom. The van der Waals surface area contributed by atoms with Crippen LogP contribution in [0.1, 0.15) is 28.6 Å². The van der Waals surface area contributed by atoms with E-state index in [0.717, 1.165) is 6.07 Å². The lowest BCUT2D eigenvalue weighted by molar-refractivity contribution is -0.137. The first-order valence-corrected chi connectivity index (χ1v) is 10.3. The molecule has 0 saturated carbocycles. The SMILES string of the molecule is Cn1ccnc1C(O)c1cccc(F)c1N1CCN(Cc2cccc(C(F)(F)F)c2)CC1. The number of anilines is 1. The number of aliphatic hydroxyl groups excluding tert-OH is 1. The first-order valence-electron chi connectivity index (χ1n) is 10.3. The molecule has 0 aliphatic carbocycles. The van der Waals surface area contributed by atoms with E-state index in [-0.39, 0.29) is 0 Å². The second kappa shape index (κ2) is 8.91. The van der Waals surface area contributed by atoms with Crippen LogP contribution >= 0.6 is 0 Å². The number of piperazine rings is 1. The van der Waals surface area contributed by atoms with Gasteiger partial charge in [0, 0.05) is 57.7 Å². The Balaban J connectivity index is 1.48. The number of aryl methyl sites for hydroxylation is 1. The van der Waals surface area contributed by atoms with Gasteiger partial charge in [-0.25, -0.2) is 9.37 Å². The summed E-state index contributed by atoms with van der Waals surface area (Å²) in [6.07, 6.45) is -2.16. The first kappa shape index (κ1) is 22.3. The largest absolute Gasteiger partial charge is 0.416 e. The van der Waals surface area contributed by atoms with Gasteiger partial charge in [0.25, 0.3) is 0 Å². The zero-order valence-corrected chi connectivity index (χ0v) is 17.6. The van der Waals surface area contributed by atoms with E-state index in [2.05, 4.69) is 4.98 Å². The predicted molar refractivity (Wildman–Crippen MR) is 113 cm³/mol. The molecule has 1 fully saturated rings. The molecule has 0 radical (unpaired) electrons. The lowest BCUT2D eigenvalue weighted by Crippen LogP contribution is -2.46. The average molecular weight is 448 g/mol. The molecule has 0 bridgehead atoms. The quantitative estimate of drug-likeness (QED) is 0.600. The van der Waals surface area contributed by atoms with Crippen LogP contribution in [0.15, 0.2) is 54.9 Å². The fraction of sp³-hybridized carbons (Fsp3) is 0.348. The van der Waals surface area contributed by atoms with Crippen molar-refractivity contribution in [1.29, 1.82) is 0 Å². The molecule has 2 aromatic carbocycles. The second-order valence-corrected chi connectivity index (χ2v) is 7.94. The molecule has 0 spiro atoms. The zero-order valence-electron chi connectivity index (χ0n) is 17.6. The van der Waals surface area contributed by atoms with Gasteiger partial charge in [0.05, 0.1) is 11.3 Å². The molecule has 1 N–H and O–H groups in total. The Hall–Kier alpha value is -2.91. The summed E-state index contributed by atoms with van der Waals surface area (Å²) in [5, 5.41) is 10.9. The van der Waals surface area contributed by atoms with Crippen LogP contribution in [0.3, 0.4) is 0 Å². The van der Waals surface area contributed by atoms with E-state index in [4.69, 9.17) is 0 Å². The molecule has 1 saturated heterocycles. The third-order valence-corrected chi connectivity index (χ3v) is 5.76. The van der Waals surface area contributed by atoms with Gasteiger partial charge in [0.2, 0.25) is 0 Å². The van der Waals surface area contributed by atoms with Crippen LogP contribution in [0, 0.1) is 5.82 Å². The van der Waals surface area contributed by atoms with E-state index in [1.807, 2.05) is 9.80 Å². The van der Waals surface area contributed by atoms with Gasteiger partial charge in [-0.2, -0.15) is 13.2 Å². The Morgan fingerprint density at radius 3 is 2.44 bits per heavy atom. The standard InChI is InChI=1S/C23H24F4N4O/c1-29-9-8-28-22(29)21(32)18-6-3-7-19(24)20(18)31-12-10-30(11-13-31)15-16-4-2-5-17(14-16)23(25,26)27/h2-9,14,21,32H,10-13,15H2,1H3. The highest BCUT2D eigenvalue weighted by Gasteiger charge is 2.31. The summed E-state index contributed by atoms with van der Waals surface area (Å²) in [4.78, 5) is 8.09. The number of rotatable bonds is 5. The number of halogens is 4. The van der Waals surface area contributed by atoms with E-state index >= 15 is 0 Å². The maximum atomic E-state index is 14.8. The van der Waals surface area contributed by atoms with Gasteiger partial charge in [0.15, 0.2) is 0 Å². The zero-order chi connectivity index (χ0) is 22.9. The van der Waals surface area contributed by atoms with Gasteiger partial charge in [-0.1, -0.05) is 30.3 Å². The predicted octanol–water partition coefficient (Wildman–Crippen LogP) is 3.98. The number of benzene rings is 2. The van der Waals surface area contributed by atoms with Gasteiger partial charge < -0.3 is 14.6 Å². The van der Waals surface area contributed by atoms with Crippen molar-refractivity contribution in [3.8, 4) is 0 Å². The lowest BCUT2D eigenvalue weighted by Gasteiger charge is -2.37. The fourth-order valence-corrected chi connectivity index (χ4v) is 4.10.